The average Bonchev–Trinajstić information content (AvgIpc) is 1.86. The molecule has 2 aliphatic rings. The molecule has 10 heavy (non-hydrogen) atoms. The number of aliphatic imine (C=N–C) groups is 1. The second kappa shape index (κ2) is 2.45. The van der Waals surface area contributed by atoms with Crippen molar-refractivity contribution in [3.8, 4) is 0 Å². The van der Waals surface area contributed by atoms with Crippen molar-refractivity contribution in [1.82, 2.24) is 4.90 Å². The summed E-state index contributed by atoms with van der Waals surface area (Å²) in [5, 5.41) is 0. The monoisotopic (exact) mass is 136 g/mol. The maximum atomic E-state index is 4.15. The minimum atomic E-state index is 1.19. The van der Waals surface area contributed by atoms with Crippen LogP contribution in [0.25, 0.3) is 0 Å². The van der Waals surface area contributed by atoms with Crippen LogP contribution in [0.15, 0.2) is 16.9 Å². The Morgan fingerprint density at radius 1 is 1.20 bits per heavy atom. The Morgan fingerprint density at radius 3 is 2.40 bits per heavy atom. The van der Waals surface area contributed by atoms with Gasteiger partial charge in [-0.15, -0.1) is 0 Å². The number of piperidine rings is 1. The third-order valence-corrected chi connectivity index (χ3v) is 2.11. The number of allylic oxidation sites excluding steroid dienone is 1. The highest BCUT2D eigenvalue weighted by Crippen LogP contribution is 2.17. The van der Waals surface area contributed by atoms with Gasteiger partial charge in [-0.3, -0.25) is 0 Å². The molecule has 0 bridgehead atoms. The molecule has 0 N–H and O–H groups in total. The van der Waals surface area contributed by atoms with Gasteiger partial charge in [0.1, 0.15) is 5.82 Å². The SMILES string of the molecule is C1=NC(N2CCCCC2)=C1. The number of hydrogen-bond acceptors (Lipinski definition) is 2. The fourth-order valence-corrected chi connectivity index (χ4v) is 1.45. The molecule has 0 spiro atoms. The van der Waals surface area contributed by atoms with Crippen molar-refractivity contribution in [2.24, 2.45) is 4.99 Å². The number of likely N-dealkylation sites (tertiary alicyclic amines) is 1. The number of rotatable bonds is 1. The summed E-state index contributed by atoms with van der Waals surface area (Å²) in [5.74, 6) is 1.19. The van der Waals surface area contributed by atoms with Gasteiger partial charge < -0.3 is 4.90 Å². The van der Waals surface area contributed by atoms with Crippen LogP contribution in [0.4, 0.5) is 0 Å². The molecule has 1 saturated heterocycles. The van der Waals surface area contributed by atoms with Crippen LogP contribution < -0.4 is 0 Å². The lowest BCUT2D eigenvalue weighted by atomic mass is 10.1. The molecular weight excluding hydrogens is 124 g/mol. The molecule has 2 rings (SSSR count). The molecule has 2 aliphatic heterocycles. The molecule has 0 amide bonds. The van der Waals surface area contributed by atoms with Crippen LogP contribution in [0.3, 0.4) is 0 Å². The molecular formula is C8H12N2. The molecule has 1 fully saturated rings. The van der Waals surface area contributed by atoms with E-state index in [4.69, 9.17) is 0 Å². The summed E-state index contributed by atoms with van der Waals surface area (Å²) in [5.41, 5.74) is 0. The fraction of sp³-hybridized carbons (Fsp3) is 0.625. The van der Waals surface area contributed by atoms with Crippen molar-refractivity contribution in [2.45, 2.75) is 19.3 Å². The minimum Gasteiger partial charge on any atom is -0.357 e. The van der Waals surface area contributed by atoms with Crippen LogP contribution in [0, 0.1) is 0 Å². The van der Waals surface area contributed by atoms with E-state index in [1.54, 1.807) is 0 Å². The summed E-state index contributed by atoms with van der Waals surface area (Å²) in [6.07, 6.45) is 8.03. The highest BCUT2D eigenvalue weighted by Gasteiger charge is 2.13. The summed E-state index contributed by atoms with van der Waals surface area (Å²) >= 11 is 0. The van der Waals surface area contributed by atoms with Gasteiger partial charge in [0.15, 0.2) is 0 Å². The van der Waals surface area contributed by atoms with E-state index >= 15 is 0 Å². The molecule has 0 aliphatic carbocycles. The van der Waals surface area contributed by atoms with Gasteiger partial charge in [0.2, 0.25) is 0 Å². The minimum absolute atomic E-state index is 1.19. The first-order valence-corrected chi connectivity index (χ1v) is 3.96. The fourth-order valence-electron chi connectivity index (χ4n) is 1.45. The molecule has 0 aromatic carbocycles. The molecule has 0 aromatic heterocycles. The van der Waals surface area contributed by atoms with Crippen molar-refractivity contribution in [3.63, 3.8) is 0 Å². The Labute approximate surface area is 61.2 Å². The van der Waals surface area contributed by atoms with Gasteiger partial charge in [0.25, 0.3) is 0 Å². The lowest BCUT2D eigenvalue weighted by Gasteiger charge is -2.30. The molecule has 0 atom stereocenters. The van der Waals surface area contributed by atoms with Gasteiger partial charge >= 0.3 is 0 Å². The lowest BCUT2D eigenvalue weighted by molar-refractivity contribution is 0.281. The van der Waals surface area contributed by atoms with Crippen LogP contribution in [-0.4, -0.2) is 24.2 Å². The van der Waals surface area contributed by atoms with E-state index in [0.717, 1.165) is 0 Å². The lowest BCUT2D eigenvalue weighted by Crippen LogP contribution is -2.29. The Balaban J connectivity index is 1.91. The van der Waals surface area contributed by atoms with Gasteiger partial charge in [-0.1, -0.05) is 0 Å². The van der Waals surface area contributed by atoms with E-state index in [1.165, 1.54) is 38.2 Å². The van der Waals surface area contributed by atoms with Crippen molar-refractivity contribution < 1.29 is 0 Å². The zero-order valence-electron chi connectivity index (χ0n) is 6.08. The third-order valence-electron chi connectivity index (χ3n) is 2.11. The van der Waals surface area contributed by atoms with Crippen molar-refractivity contribution in [1.29, 1.82) is 0 Å². The van der Waals surface area contributed by atoms with E-state index in [2.05, 4.69) is 16.0 Å². The zero-order chi connectivity index (χ0) is 6.81. The normalized spacial score (nSPS) is 24.0. The standard InChI is InChI=1S/C8H12N2/c1-2-6-10(7-3-1)8-4-5-9-8/h4-5H,1-3,6-7H2. The predicted molar refractivity (Wildman–Crippen MR) is 42.0 cm³/mol. The number of hydrogen-bond donors (Lipinski definition) is 0. The van der Waals surface area contributed by atoms with E-state index in [1.807, 2.05) is 6.21 Å². The average molecular weight is 136 g/mol. The first-order chi connectivity index (χ1) is 4.97. The van der Waals surface area contributed by atoms with Crippen molar-refractivity contribution >= 4 is 6.21 Å². The Kier molecular flexibility index (Phi) is 1.46. The Morgan fingerprint density at radius 2 is 1.90 bits per heavy atom. The van der Waals surface area contributed by atoms with Crippen molar-refractivity contribution in [2.75, 3.05) is 13.1 Å². The molecule has 0 saturated carbocycles. The maximum absolute atomic E-state index is 4.15. The van der Waals surface area contributed by atoms with Gasteiger partial charge in [-0.2, -0.15) is 0 Å². The maximum Gasteiger partial charge on any atom is 0.130 e. The molecule has 0 unspecified atom stereocenters. The largest absolute Gasteiger partial charge is 0.357 e. The van der Waals surface area contributed by atoms with Gasteiger partial charge in [0, 0.05) is 19.3 Å². The van der Waals surface area contributed by atoms with Crippen LogP contribution in [0.2, 0.25) is 0 Å². The topological polar surface area (TPSA) is 15.6 Å². The van der Waals surface area contributed by atoms with Crippen LogP contribution >= 0.6 is 0 Å². The quantitative estimate of drug-likeness (QED) is 0.532. The van der Waals surface area contributed by atoms with Gasteiger partial charge in [0.05, 0.1) is 0 Å². The first kappa shape index (κ1) is 5.96. The molecule has 2 heterocycles. The summed E-state index contributed by atoms with van der Waals surface area (Å²) in [6.45, 7) is 2.42. The van der Waals surface area contributed by atoms with Crippen molar-refractivity contribution in [3.05, 3.63) is 11.9 Å². The van der Waals surface area contributed by atoms with E-state index in [0.29, 0.717) is 0 Å². The predicted octanol–water partition coefficient (Wildman–Crippen LogP) is 1.40. The van der Waals surface area contributed by atoms with E-state index in [9.17, 15) is 0 Å². The Hall–Kier alpha value is -0.790. The summed E-state index contributed by atoms with van der Waals surface area (Å²) < 4.78 is 0. The second-order valence-corrected chi connectivity index (χ2v) is 2.85. The first-order valence-electron chi connectivity index (χ1n) is 3.96. The third kappa shape index (κ3) is 0.939. The highest BCUT2D eigenvalue weighted by atomic mass is 15.2. The molecule has 2 nitrogen and oxygen atoms in total. The van der Waals surface area contributed by atoms with Gasteiger partial charge in [-0.25, -0.2) is 4.99 Å². The molecule has 0 aromatic rings. The molecule has 54 valence electrons. The second-order valence-electron chi connectivity index (χ2n) is 2.85. The highest BCUT2D eigenvalue weighted by molar-refractivity contribution is 5.79. The summed E-state index contributed by atoms with van der Waals surface area (Å²) in [7, 11) is 0. The van der Waals surface area contributed by atoms with Crippen LogP contribution in [0.1, 0.15) is 19.3 Å². The summed E-state index contributed by atoms with van der Waals surface area (Å²) in [6, 6.07) is 0. The molecule has 2 heteroatoms. The zero-order valence-corrected chi connectivity index (χ0v) is 6.08. The number of nitrogens with zero attached hydrogens (tertiary/aromatic N) is 2. The van der Waals surface area contributed by atoms with Crippen LogP contribution in [-0.2, 0) is 0 Å². The Bertz CT molecular complexity index is 176. The van der Waals surface area contributed by atoms with Gasteiger partial charge in [-0.05, 0) is 25.3 Å². The smallest absolute Gasteiger partial charge is 0.130 e. The molecule has 0 radical (unpaired) electrons. The summed E-state index contributed by atoms with van der Waals surface area (Å²) in [4.78, 5) is 6.52. The van der Waals surface area contributed by atoms with Crippen LogP contribution in [0.5, 0.6) is 0 Å². The van der Waals surface area contributed by atoms with E-state index in [-0.39, 0.29) is 0 Å². The van der Waals surface area contributed by atoms with E-state index < -0.39 is 0 Å².